The van der Waals surface area contributed by atoms with Crippen molar-refractivity contribution in [1.29, 1.82) is 0 Å². The molecule has 0 aliphatic rings. The second-order valence-corrected chi connectivity index (χ2v) is 2.78. The van der Waals surface area contributed by atoms with E-state index < -0.39 is 0 Å². The zero-order chi connectivity index (χ0) is 8.85. The first-order valence-electron chi connectivity index (χ1n) is 3.89. The molecule has 0 aliphatic carbocycles. The molecular formula is C11H17. The quantitative estimate of drug-likeness (QED) is 0.537. The first-order chi connectivity index (χ1) is 5.09. The SMILES string of the molecule is C=C(C)/C(C)=C(/C)[CH]/C=C\C. The van der Waals surface area contributed by atoms with Crippen LogP contribution in [0.2, 0.25) is 0 Å². The van der Waals surface area contributed by atoms with E-state index in [1.54, 1.807) is 0 Å². The smallest absolute Gasteiger partial charge is 0.00800 e. The lowest BCUT2D eigenvalue weighted by molar-refractivity contribution is 1.26. The molecule has 0 atom stereocenters. The van der Waals surface area contributed by atoms with Gasteiger partial charge in [-0.2, -0.15) is 0 Å². The minimum absolute atomic E-state index is 1.14. The Hall–Kier alpha value is -0.780. The van der Waals surface area contributed by atoms with Crippen LogP contribution in [-0.4, -0.2) is 0 Å². The average molecular weight is 149 g/mol. The third-order valence-corrected chi connectivity index (χ3v) is 1.77. The molecule has 0 heteroatoms. The molecule has 0 aromatic carbocycles. The number of rotatable bonds is 3. The van der Waals surface area contributed by atoms with Crippen LogP contribution in [0, 0.1) is 6.42 Å². The highest BCUT2D eigenvalue weighted by Crippen LogP contribution is 2.13. The molecule has 0 saturated carbocycles. The summed E-state index contributed by atoms with van der Waals surface area (Å²) < 4.78 is 0. The molecule has 0 heterocycles. The zero-order valence-corrected chi connectivity index (χ0v) is 7.94. The van der Waals surface area contributed by atoms with E-state index in [1.807, 2.05) is 26.0 Å². The van der Waals surface area contributed by atoms with Crippen molar-refractivity contribution in [3.8, 4) is 0 Å². The first kappa shape index (κ1) is 10.2. The van der Waals surface area contributed by atoms with Crippen molar-refractivity contribution in [2.45, 2.75) is 27.7 Å². The zero-order valence-electron chi connectivity index (χ0n) is 7.94. The van der Waals surface area contributed by atoms with Gasteiger partial charge in [0.1, 0.15) is 0 Å². The third-order valence-electron chi connectivity index (χ3n) is 1.77. The van der Waals surface area contributed by atoms with Gasteiger partial charge in [-0.1, -0.05) is 29.9 Å². The molecule has 11 heavy (non-hydrogen) atoms. The van der Waals surface area contributed by atoms with E-state index in [4.69, 9.17) is 0 Å². The Balaban J connectivity index is 4.28. The van der Waals surface area contributed by atoms with Crippen molar-refractivity contribution in [1.82, 2.24) is 0 Å². The van der Waals surface area contributed by atoms with Gasteiger partial charge in [0.15, 0.2) is 0 Å². The summed E-state index contributed by atoms with van der Waals surface area (Å²) in [6, 6.07) is 0. The lowest BCUT2D eigenvalue weighted by Gasteiger charge is -2.03. The van der Waals surface area contributed by atoms with Gasteiger partial charge >= 0.3 is 0 Å². The Labute approximate surface area is 70.3 Å². The summed E-state index contributed by atoms with van der Waals surface area (Å²) >= 11 is 0. The Morgan fingerprint density at radius 2 is 1.73 bits per heavy atom. The second kappa shape index (κ2) is 4.95. The van der Waals surface area contributed by atoms with Crippen molar-refractivity contribution < 1.29 is 0 Å². The first-order valence-corrected chi connectivity index (χ1v) is 3.89. The molecule has 0 fully saturated rings. The molecule has 0 bridgehead atoms. The van der Waals surface area contributed by atoms with Crippen LogP contribution in [0.15, 0.2) is 35.5 Å². The molecule has 0 aliphatic heterocycles. The van der Waals surface area contributed by atoms with Crippen LogP contribution in [0.4, 0.5) is 0 Å². The van der Waals surface area contributed by atoms with E-state index in [1.165, 1.54) is 11.1 Å². The van der Waals surface area contributed by atoms with Crippen LogP contribution >= 0.6 is 0 Å². The monoisotopic (exact) mass is 149 g/mol. The van der Waals surface area contributed by atoms with Crippen molar-refractivity contribution in [3.05, 3.63) is 41.9 Å². The van der Waals surface area contributed by atoms with Gasteiger partial charge in [-0.15, -0.1) is 0 Å². The fourth-order valence-electron chi connectivity index (χ4n) is 0.702. The van der Waals surface area contributed by atoms with Crippen molar-refractivity contribution in [2.75, 3.05) is 0 Å². The predicted molar refractivity (Wildman–Crippen MR) is 52.3 cm³/mol. The van der Waals surface area contributed by atoms with Crippen molar-refractivity contribution >= 4 is 0 Å². The molecule has 0 unspecified atom stereocenters. The summed E-state index contributed by atoms with van der Waals surface area (Å²) in [6.45, 7) is 12.1. The number of hydrogen-bond donors (Lipinski definition) is 0. The molecule has 0 aromatic heterocycles. The Morgan fingerprint density at radius 3 is 2.09 bits per heavy atom. The maximum absolute atomic E-state index is 3.88. The van der Waals surface area contributed by atoms with E-state index in [-0.39, 0.29) is 0 Å². The van der Waals surface area contributed by atoms with E-state index in [2.05, 4.69) is 26.8 Å². The summed E-state index contributed by atoms with van der Waals surface area (Å²) in [5, 5.41) is 0. The maximum atomic E-state index is 3.88. The molecule has 0 saturated heterocycles. The standard InChI is InChI=1S/C11H17/c1-6-7-8-10(4)11(5)9(2)3/h6-8H,2H2,1,3-5H3/b7-6-,11-10-. The summed E-state index contributed by atoms with van der Waals surface area (Å²) in [5.74, 6) is 0. The molecule has 1 radical (unpaired) electrons. The predicted octanol–water partition coefficient (Wildman–Crippen LogP) is 3.68. The Morgan fingerprint density at radius 1 is 1.18 bits per heavy atom. The van der Waals surface area contributed by atoms with Gasteiger partial charge in [0, 0.05) is 6.42 Å². The number of allylic oxidation sites excluding steroid dienone is 5. The molecule has 0 amide bonds. The molecule has 0 aromatic rings. The van der Waals surface area contributed by atoms with Crippen LogP contribution in [0.3, 0.4) is 0 Å². The maximum Gasteiger partial charge on any atom is 0.00800 e. The van der Waals surface area contributed by atoms with E-state index in [0.29, 0.717) is 0 Å². The Bertz CT molecular complexity index is 192. The highest BCUT2D eigenvalue weighted by atomic mass is 14.0. The minimum atomic E-state index is 1.14. The number of hydrogen-bond acceptors (Lipinski definition) is 0. The normalized spacial score (nSPS) is 13.5. The molecule has 0 spiro atoms. The lowest BCUT2D eigenvalue weighted by atomic mass is 10.0. The lowest BCUT2D eigenvalue weighted by Crippen LogP contribution is -1.84. The van der Waals surface area contributed by atoms with Gasteiger partial charge in [0.05, 0.1) is 0 Å². The van der Waals surface area contributed by atoms with Gasteiger partial charge in [-0.3, -0.25) is 0 Å². The van der Waals surface area contributed by atoms with Gasteiger partial charge in [-0.05, 0) is 33.3 Å². The van der Waals surface area contributed by atoms with Gasteiger partial charge in [-0.25, -0.2) is 0 Å². The molecule has 0 N–H and O–H groups in total. The van der Waals surface area contributed by atoms with E-state index in [9.17, 15) is 0 Å². The summed E-state index contributed by atoms with van der Waals surface area (Å²) in [5.41, 5.74) is 3.71. The van der Waals surface area contributed by atoms with Gasteiger partial charge in [0.2, 0.25) is 0 Å². The summed E-state index contributed by atoms with van der Waals surface area (Å²) in [4.78, 5) is 0. The largest absolute Gasteiger partial charge is 0.0959 e. The highest BCUT2D eigenvalue weighted by molar-refractivity contribution is 5.35. The molecule has 61 valence electrons. The fourth-order valence-corrected chi connectivity index (χ4v) is 0.702. The molecule has 0 rings (SSSR count). The van der Waals surface area contributed by atoms with Gasteiger partial charge < -0.3 is 0 Å². The Kier molecular flexibility index (Phi) is 4.60. The van der Waals surface area contributed by atoms with E-state index in [0.717, 1.165) is 5.57 Å². The molecule has 0 nitrogen and oxygen atoms in total. The topological polar surface area (TPSA) is 0 Å². The van der Waals surface area contributed by atoms with Gasteiger partial charge in [0.25, 0.3) is 0 Å². The second-order valence-electron chi connectivity index (χ2n) is 2.78. The fraction of sp³-hybridized carbons (Fsp3) is 0.364. The minimum Gasteiger partial charge on any atom is -0.0959 e. The van der Waals surface area contributed by atoms with Crippen LogP contribution in [-0.2, 0) is 0 Å². The van der Waals surface area contributed by atoms with Crippen LogP contribution < -0.4 is 0 Å². The molecular weight excluding hydrogens is 132 g/mol. The van der Waals surface area contributed by atoms with Crippen LogP contribution in [0.25, 0.3) is 0 Å². The average Bonchev–Trinajstić information content (AvgIpc) is 1.98. The van der Waals surface area contributed by atoms with E-state index >= 15 is 0 Å². The van der Waals surface area contributed by atoms with Crippen LogP contribution in [0.1, 0.15) is 27.7 Å². The van der Waals surface area contributed by atoms with Crippen LogP contribution in [0.5, 0.6) is 0 Å². The highest BCUT2D eigenvalue weighted by Gasteiger charge is 1.94. The summed E-state index contributed by atoms with van der Waals surface area (Å²) in [6.07, 6.45) is 6.17. The third kappa shape index (κ3) is 3.82. The summed E-state index contributed by atoms with van der Waals surface area (Å²) in [7, 11) is 0. The van der Waals surface area contributed by atoms with Crippen molar-refractivity contribution in [2.24, 2.45) is 0 Å². The van der Waals surface area contributed by atoms with Crippen molar-refractivity contribution in [3.63, 3.8) is 0 Å².